The monoisotopic (exact) mass is 245 g/mol. The van der Waals surface area contributed by atoms with Crippen LogP contribution in [0.4, 0.5) is 0 Å². The number of aromatic nitrogens is 2. The second-order valence-electron chi connectivity index (χ2n) is 4.39. The minimum absolute atomic E-state index is 0.496. The third kappa shape index (κ3) is 2.97. The molecule has 1 aromatic heterocycles. The number of halogens is 1. The highest BCUT2D eigenvalue weighted by molar-refractivity contribution is 6.31. The molecule has 16 heavy (non-hydrogen) atoms. The van der Waals surface area contributed by atoms with Crippen LogP contribution in [0.3, 0.4) is 0 Å². The fourth-order valence-corrected chi connectivity index (χ4v) is 2.18. The van der Waals surface area contributed by atoms with Gasteiger partial charge >= 0.3 is 0 Å². The van der Waals surface area contributed by atoms with Gasteiger partial charge in [-0.15, -0.1) is 0 Å². The average molecular weight is 246 g/mol. The fourth-order valence-electron chi connectivity index (χ4n) is 1.82. The van der Waals surface area contributed by atoms with Crippen LogP contribution in [0.1, 0.15) is 25.2 Å². The summed E-state index contributed by atoms with van der Waals surface area (Å²) in [7, 11) is 3.67. The van der Waals surface area contributed by atoms with Crippen molar-refractivity contribution in [2.45, 2.75) is 32.3 Å². The SMILES string of the molecule is CCc1nn(C)c(CC(C)(O)CNC)c1Cl. The lowest BCUT2D eigenvalue weighted by atomic mass is 10.00. The zero-order valence-electron chi connectivity index (χ0n) is 10.3. The first-order chi connectivity index (χ1) is 7.41. The van der Waals surface area contributed by atoms with Gasteiger partial charge in [-0.2, -0.15) is 5.10 Å². The molecule has 0 aliphatic rings. The molecule has 1 unspecified atom stereocenters. The maximum Gasteiger partial charge on any atom is 0.0850 e. The topological polar surface area (TPSA) is 50.1 Å². The van der Waals surface area contributed by atoms with Gasteiger partial charge in [0.15, 0.2) is 0 Å². The summed E-state index contributed by atoms with van der Waals surface area (Å²) >= 11 is 6.22. The second kappa shape index (κ2) is 5.17. The molecular weight excluding hydrogens is 226 g/mol. The number of aliphatic hydroxyl groups is 1. The molecule has 1 heterocycles. The molecular formula is C11H20ClN3O. The van der Waals surface area contributed by atoms with Crippen molar-refractivity contribution in [1.29, 1.82) is 0 Å². The third-order valence-corrected chi connectivity index (χ3v) is 3.05. The predicted molar refractivity (Wildman–Crippen MR) is 65.9 cm³/mol. The molecule has 0 saturated carbocycles. The van der Waals surface area contributed by atoms with Gasteiger partial charge in [0.1, 0.15) is 0 Å². The Morgan fingerprint density at radius 3 is 2.62 bits per heavy atom. The molecule has 0 fully saturated rings. The summed E-state index contributed by atoms with van der Waals surface area (Å²) in [5.41, 5.74) is 0.968. The van der Waals surface area contributed by atoms with E-state index in [0.717, 1.165) is 17.8 Å². The Labute approximate surface area is 102 Å². The van der Waals surface area contributed by atoms with Gasteiger partial charge in [-0.25, -0.2) is 0 Å². The van der Waals surface area contributed by atoms with E-state index < -0.39 is 5.60 Å². The maximum atomic E-state index is 10.1. The van der Waals surface area contributed by atoms with Gasteiger partial charge in [0.05, 0.1) is 22.0 Å². The summed E-state index contributed by atoms with van der Waals surface area (Å²) < 4.78 is 1.76. The van der Waals surface area contributed by atoms with E-state index in [9.17, 15) is 5.11 Å². The van der Waals surface area contributed by atoms with Crippen molar-refractivity contribution in [2.75, 3.05) is 13.6 Å². The van der Waals surface area contributed by atoms with Gasteiger partial charge < -0.3 is 10.4 Å². The molecule has 0 aliphatic carbocycles. The maximum absolute atomic E-state index is 10.1. The van der Waals surface area contributed by atoms with Crippen LogP contribution in [0.5, 0.6) is 0 Å². The van der Waals surface area contributed by atoms with Gasteiger partial charge in [-0.05, 0) is 20.4 Å². The lowest BCUT2D eigenvalue weighted by Gasteiger charge is -2.22. The molecule has 1 rings (SSSR count). The molecule has 0 amide bonds. The van der Waals surface area contributed by atoms with Crippen LogP contribution in [0.2, 0.25) is 5.02 Å². The highest BCUT2D eigenvalue weighted by Gasteiger charge is 2.24. The van der Waals surface area contributed by atoms with Crippen molar-refractivity contribution in [2.24, 2.45) is 7.05 Å². The number of nitrogens with zero attached hydrogens (tertiary/aromatic N) is 2. The summed E-state index contributed by atoms with van der Waals surface area (Å²) in [6.07, 6.45) is 1.30. The predicted octanol–water partition coefficient (Wildman–Crippen LogP) is 1.15. The van der Waals surface area contributed by atoms with E-state index in [-0.39, 0.29) is 0 Å². The molecule has 0 aliphatic heterocycles. The van der Waals surface area contributed by atoms with E-state index in [0.29, 0.717) is 18.0 Å². The minimum Gasteiger partial charge on any atom is -0.388 e. The second-order valence-corrected chi connectivity index (χ2v) is 4.77. The van der Waals surface area contributed by atoms with Gasteiger partial charge in [0, 0.05) is 20.0 Å². The standard InChI is InChI=1S/C11H20ClN3O/c1-5-8-10(12)9(15(4)14-8)6-11(2,16)7-13-3/h13,16H,5-7H2,1-4H3. The van der Waals surface area contributed by atoms with Gasteiger partial charge in [-0.3, -0.25) is 4.68 Å². The summed E-state index contributed by atoms with van der Waals surface area (Å²) in [5, 5.41) is 18.1. The quantitative estimate of drug-likeness (QED) is 0.818. The minimum atomic E-state index is -0.808. The first kappa shape index (κ1) is 13.5. The largest absolute Gasteiger partial charge is 0.388 e. The van der Waals surface area contributed by atoms with Crippen LogP contribution < -0.4 is 5.32 Å². The van der Waals surface area contributed by atoms with Crippen molar-refractivity contribution >= 4 is 11.6 Å². The molecule has 92 valence electrons. The Balaban J connectivity index is 2.92. The highest BCUT2D eigenvalue weighted by Crippen LogP contribution is 2.24. The van der Waals surface area contributed by atoms with Crippen molar-refractivity contribution in [3.63, 3.8) is 0 Å². The van der Waals surface area contributed by atoms with Crippen molar-refractivity contribution < 1.29 is 5.11 Å². The summed E-state index contributed by atoms with van der Waals surface area (Å²) in [6, 6.07) is 0. The number of aryl methyl sites for hydroxylation is 2. The Morgan fingerprint density at radius 1 is 1.56 bits per heavy atom. The molecule has 2 N–H and O–H groups in total. The van der Waals surface area contributed by atoms with Crippen molar-refractivity contribution in [3.8, 4) is 0 Å². The molecule has 4 nitrogen and oxygen atoms in total. The summed E-state index contributed by atoms with van der Waals surface area (Å²) in [5.74, 6) is 0. The van der Waals surface area contributed by atoms with Gasteiger partial charge in [-0.1, -0.05) is 18.5 Å². The molecule has 0 saturated heterocycles. The van der Waals surface area contributed by atoms with E-state index in [2.05, 4.69) is 10.4 Å². The zero-order valence-corrected chi connectivity index (χ0v) is 11.1. The molecule has 1 aromatic rings. The fraction of sp³-hybridized carbons (Fsp3) is 0.727. The normalized spacial score (nSPS) is 15.1. The van der Waals surface area contributed by atoms with Crippen molar-refractivity contribution in [3.05, 3.63) is 16.4 Å². The molecule has 0 bridgehead atoms. The molecule has 0 spiro atoms. The first-order valence-corrected chi connectivity index (χ1v) is 5.86. The van der Waals surface area contributed by atoms with E-state index in [1.807, 2.05) is 21.0 Å². The van der Waals surface area contributed by atoms with E-state index >= 15 is 0 Å². The van der Waals surface area contributed by atoms with Gasteiger partial charge in [0.2, 0.25) is 0 Å². The van der Waals surface area contributed by atoms with Crippen LogP contribution in [-0.2, 0) is 19.9 Å². The molecule has 0 aromatic carbocycles. The molecule has 0 radical (unpaired) electrons. The van der Waals surface area contributed by atoms with E-state index in [1.165, 1.54) is 0 Å². The van der Waals surface area contributed by atoms with Gasteiger partial charge in [0.25, 0.3) is 0 Å². The Morgan fingerprint density at radius 2 is 2.19 bits per heavy atom. The Kier molecular flexibility index (Phi) is 4.35. The zero-order chi connectivity index (χ0) is 12.3. The number of hydrogen-bond acceptors (Lipinski definition) is 3. The molecule has 5 heteroatoms. The summed E-state index contributed by atoms with van der Waals surface area (Å²) in [6.45, 7) is 4.33. The number of rotatable bonds is 5. The Hall–Kier alpha value is -0.580. The number of likely N-dealkylation sites (N-methyl/N-ethyl adjacent to an activating group) is 1. The summed E-state index contributed by atoms with van der Waals surface area (Å²) in [4.78, 5) is 0. The Bertz CT molecular complexity index is 360. The van der Waals surface area contributed by atoms with E-state index in [1.54, 1.807) is 11.6 Å². The lowest BCUT2D eigenvalue weighted by Crippen LogP contribution is -2.38. The lowest BCUT2D eigenvalue weighted by molar-refractivity contribution is 0.0603. The number of nitrogens with one attached hydrogen (secondary N) is 1. The van der Waals surface area contributed by atoms with Crippen LogP contribution in [-0.4, -0.2) is 34.1 Å². The average Bonchev–Trinajstić information content (AvgIpc) is 2.45. The highest BCUT2D eigenvalue weighted by atomic mass is 35.5. The number of hydrogen-bond donors (Lipinski definition) is 2. The van der Waals surface area contributed by atoms with Crippen LogP contribution >= 0.6 is 11.6 Å². The van der Waals surface area contributed by atoms with Crippen molar-refractivity contribution in [1.82, 2.24) is 15.1 Å². The van der Waals surface area contributed by atoms with Crippen LogP contribution in [0.25, 0.3) is 0 Å². The first-order valence-electron chi connectivity index (χ1n) is 5.48. The van der Waals surface area contributed by atoms with E-state index in [4.69, 9.17) is 11.6 Å². The molecule has 1 atom stereocenters. The van der Waals surface area contributed by atoms with Crippen LogP contribution in [0, 0.1) is 0 Å². The van der Waals surface area contributed by atoms with Crippen LogP contribution in [0.15, 0.2) is 0 Å². The smallest absolute Gasteiger partial charge is 0.0850 e. The third-order valence-electron chi connectivity index (χ3n) is 2.61.